The molecule has 0 radical (unpaired) electrons. The smallest absolute Gasteiger partial charge is 0.222 e. The fourth-order valence-corrected chi connectivity index (χ4v) is 4.69. The molecule has 0 spiro atoms. The average Bonchev–Trinajstić information content (AvgIpc) is 3.59. The van der Waals surface area contributed by atoms with Gasteiger partial charge in [0, 0.05) is 12.6 Å². The second kappa shape index (κ2) is 14.4. The zero-order valence-corrected chi connectivity index (χ0v) is 22.5. The summed E-state index contributed by atoms with van der Waals surface area (Å²) >= 11 is 0. The van der Waals surface area contributed by atoms with E-state index in [1.54, 1.807) is 0 Å². The third kappa shape index (κ3) is 7.60. The van der Waals surface area contributed by atoms with Gasteiger partial charge in [0.1, 0.15) is 17.1 Å². The predicted molar refractivity (Wildman–Crippen MR) is 148 cm³/mol. The van der Waals surface area contributed by atoms with Crippen molar-refractivity contribution in [2.45, 2.75) is 97.4 Å². The first kappa shape index (κ1) is 26.8. The van der Waals surface area contributed by atoms with Gasteiger partial charge in [0.15, 0.2) is 5.82 Å². The highest BCUT2D eigenvalue weighted by atomic mass is 16.5. The van der Waals surface area contributed by atoms with Gasteiger partial charge in [0.25, 0.3) is 0 Å². The molecule has 0 fully saturated rings. The molecule has 0 aliphatic rings. The highest BCUT2D eigenvalue weighted by Crippen LogP contribution is 2.29. The predicted octanol–water partition coefficient (Wildman–Crippen LogP) is 7.38. The lowest BCUT2D eigenvalue weighted by Gasteiger charge is -2.11. The molecule has 4 aromatic rings. The Kier molecular flexibility index (Phi) is 10.5. The Morgan fingerprint density at radius 2 is 1.51 bits per heavy atom. The zero-order valence-electron chi connectivity index (χ0n) is 22.5. The van der Waals surface area contributed by atoms with Crippen LogP contribution in [0.2, 0.25) is 0 Å². The molecular formula is C29H41N7O. The van der Waals surface area contributed by atoms with Gasteiger partial charge in [-0.3, -0.25) is 0 Å². The monoisotopic (exact) mass is 503 g/mol. The summed E-state index contributed by atoms with van der Waals surface area (Å²) in [6.45, 7) is 6.16. The number of hydrogen-bond donors (Lipinski definition) is 1. The number of pyridine rings is 1. The number of imidazole rings is 1. The molecule has 3 heterocycles. The van der Waals surface area contributed by atoms with Crippen molar-refractivity contribution in [2.24, 2.45) is 0 Å². The normalized spacial score (nSPS) is 11.4. The molecule has 0 bridgehead atoms. The van der Waals surface area contributed by atoms with E-state index in [1.165, 1.54) is 64.2 Å². The molecule has 8 nitrogen and oxygen atoms in total. The molecule has 8 heteroatoms. The van der Waals surface area contributed by atoms with E-state index >= 15 is 0 Å². The maximum atomic E-state index is 6.14. The molecule has 4 rings (SSSR count). The SMILES string of the molecule is CCCCCCCCOc1ccc2nc(-c3cccc(-c4nn[nH]n4)n3)n(CCCCCCCC)c2c1. The number of rotatable bonds is 17. The van der Waals surface area contributed by atoms with Crippen LogP contribution in [-0.4, -0.2) is 41.8 Å². The van der Waals surface area contributed by atoms with Gasteiger partial charge in [0.05, 0.1) is 17.6 Å². The summed E-state index contributed by atoms with van der Waals surface area (Å²) in [6, 6.07) is 12.1. The molecule has 0 atom stereocenters. The summed E-state index contributed by atoms with van der Waals surface area (Å²) in [6.07, 6.45) is 15.0. The van der Waals surface area contributed by atoms with Crippen molar-refractivity contribution < 1.29 is 4.74 Å². The topological polar surface area (TPSA) is 94.4 Å². The number of unbranched alkanes of at least 4 members (excludes halogenated alkanes) is 10. The fourth-order valence-electron chi connectivity index (χ4n) is 4.69. The van der Waals surface area contributed by atoms with Crippen molar-refractivity contribution in [1.82, 2.24) is 35.2 Å². The Hall–Kier alpha value is -3.29. The molecule has 1 aromatic carbocycles. The van der Waals surface area contributed by atoms with Gasteiger partial charge >= 0.3 is 0 Å². The van der Waals surface area contributed by atoms with Gasteiger partial charge in [-0.25, -0.2) is 9.97 Å². The Morgan fingerprint density at radius 1 is 0.784 bits per heavy atom. The van der Waals surface area contributed by atoms with E-state index in [1.807, 2.05) is 24.3 Å². The van der Waals surface area contributed by atoms with Crippen LogP contribution in [0.4, 0.5) is 0 Å². The molecular weight excluding hydrogens is 462 g/mol. The second-order valence-corrected chi connectivity index (χ2v) is 9.77. The molecule has 0 unspecified atom stereocenters. The van der Waals surface area contributed by atoms with Crippen molar-refractivity contribution in [3.05, 3.63) is 36.4 Å². The number of tetrazole rings is 1. The van der Waals surface area contributed by atoms with Gasteiger partial charge < -0.3 is 9.30 Å². The summed E-state index contributed by atoms with van der Waals surface area (Å²) in [5, 5.41) is 14.3. The van der Waals surface area contributed by atoms with Crippen molar-refractivity contribution in [1.29, 1.82) is 0 Å². The number of nitrogens with one attached hydrogen (secondary N) is 1. The first-order valence-corrected chi connectivity index (χ1v) is 14.1. The van der Waals surface area contributed by atoms with Gasteiger partial charge in [-0.1, -0.05) is 84.1 Å². The lowest BCUT2D eigenvalue weighted by Crippen LogP contribution is -2.03. The molecule has 37 heavy (non-hydrogen) atoms. The van der Waals surface area contributed by atoms with Gasteiger partial charge in [-0.15, -0.1) is 10.2 Å². The zero-order chi connectivity index (χ0) is 25.7. The molecule has 3 aromatic heterocycles. The van der Waals surface area contributed by atoms with E-state index in [0.717, 1.165) is 54.3 Å². The van der Waals surface area contributed by atoms with Crippen LogP contribution in [0.3, 0.4) is 0 Å². The number of nitrogens with zero attached hydrogens (tertiary/aromatic N) is 6. The number of aromatic nitrogens is 7. The van der Waals surface area contributed by atoms with Gasteiger partial charge in [0.2, 0.25) is 5.82 Å². The Bertz CT molecular complexity index is 1200. The van der Waals surface area contributed by atoms with Crippen LogP contribution in [0.1, 0.15) is 90.9 Å². The summed E-state index contributed by atoms with van der Waals surface area (Å²) in [5.74, 6) is 2.25. The van der Waals surface area contributed by atoms with E-state index in [0.29, 0.717) is 11.5 Å². The van der Waals surface area contributed by atoms with Crippen LogP contribution in [-0.2, 0) is 6.54 Å². The minimum absolute atomic E-state index is 0.478. The van der Waals surface area contributed by atoms with E-state index in [-0.39, 0.29) is 0 Å². The summed E-state index contributed by atoms with van der Waals surface area (Å²) in [4.78, 5) is 9.82. The third-order valence-corrected chi connectivity index (χ3v) is 6.77. The number of aryl methyl sites for hydroxylation is 1. The largest absolute Gasteiger partial charge is 0.494 e. The Morgan fingerprint density at radius 3 is 2.27 bits per heavy atom. The van der Waals surface area contributed by atoms with E-state index < -0.39 is 0 Å². The number of ether oxygens (including phenoxy) is 1. The van der Waals surface area contributed by atoms with Crippen LogP contribution >= 0.6 is 0 Å². The Balaban J connectivity index is 1.52. The molecule has 0 aliphatic carbocycles. The Labute approximate surface area is 220 Å². The van der Waals surface area contributed by atoms with E-state index in [2.05, 4.69) is 51.2 Å². The van der Waals surface area contributed by atoms with E-state index in [4.69, 9.17) is 14.7 Å². The standard InChI is InChI=1S/C29H41N7O/c1-3-5-7-9-11-13-20-36-27-22-23(37-21-14-12-10-8-6-4-2)18-19-24(27)31-29(36)26-17-15-16-25(30-26)28-32-34-35-33-28/h15-19,22H,3-14,20-21H2,1-2H3,(H,32,33,34,35). The number of hydrogen-bond acceptors (Lipinski definition) is 6. The van der Waals surface area contributed by atoms with Crippen LogP contribution < -0.4 is 4.74 Å². The quantitative estimate of drug-likeness (QED) is 0.151. The molecule has 0 saturated heterocycles. The number of fused-ring (bicyclic) bond motifs is 1. The van der Waals surface area contributed by atoms with Gasteiger partial charge in [-0.2, -0.15) is 5.21 Å². The summed E-state index contributed by atoms with van der Waals surface area (Å²) < 4.78 is 8.45. The van der Waals surface area contributed by atoms with Crippen LogP contribution in [0.15, 0.2) is 36.4 Å². The minimum Gasteiger partial charge on any atom is -0.494 e. The highest BCUT2D eigenvalue weighted by Gasteiger charge is 2.16. The van der Waals surface area contributed by atoms with E-state index in [9.17, 15) is 0 Å². The molecule has 0 saturated carbocycles. The second-order valence-electron chi connectivity index (χ2n) is 9.77. The fraction of sp³-hybridized carbons (Fsp3) is 0.552. The average molecular weight is 504 g/mol. The summed E-state index contributed by atoms with van der Waals surface area (Å²) in [5.41, 5.74) is 3.53. The maximum absolute atomic E-state index is 6.14. The lowest BCUT2D eigenvalue weighted by atomic mass is 10.1. The molecule has 198 valence electrons. The lowest BCUT2D eigenvalue weighted by molar-refractivity contribution is 0.304. The minimum atomic E-state index is 0.478. The van der Waals surface area contributed by atoms with Crippen molar-refractivity contribution >= 4 is 11.0 Å². The highest BCUT2D eigenvalue weighted by molar-refractivity contribution is 5.81. The molecule has 1 N–H and O–H groups in total. The number of H-pyrrole nitrogens is 1. The van der Waals surface area contributed by atoms with Crippen LogP contribution in [0, 0.1) is 0 Å². The van der Waals surface area contributed by atoms with Crippen molar-refractivity contribution in [2.75, 3.05) is 6.61 Å². The van der Waals surface area contributed by atoms with Crippen molar-refractivity contribution in [3.63, 3.8) is 0 Å². The number of benzene rings is 1. The maximum Gasteiger partial charge on any atom is 0.222 e. The molecule has 0 amide bonds. The first-order valence-electron chi connectivity index (χ1n) is 14.1. The van der Waals surface area contributed by atoms with Crippen LogP contribution in [0.25, 0.3) is 34.1 Å². The summed E-state index contributed by atoms with van der Waals surface area (Å²) in [7, 11) is 0. The first-order chi connectivity index (χ1) is 18.3. The van der Waals surface area contributed by atoms with Crippen LogP contribution in [0.5, 0.6) is 5.75 Å². The molecule has 0 aliphatic heterocycles. The van der Waals surface area contributed by atoms with Crippen molar-refractivity contribution in [3.8, 4) is 28.8 Å². The third-order valence-electron chi connectivity index (χ3n) is 6.77. The number of aromatic amines is 1. The van der Waals surface area contributed by atoms with Gasteiger partial charge in [-0.05, 0) is 42.3 Å².